The van der Waals surface area contributed by atoms with Crippen molar-refractivity contribution in [1.82, 2.24) is 5.32 Å². The first-order valence-electron chi connectivity index (χ1n) is 6.66. The summed E-state index contributed by atoms with van der Waals surface area (Å²) in [4.78, 5) is 0. The van der Waals surface area contributed by atoms with E-state index >= 15 is 0 Å². The number of likely N-dealkylation sites (N-methyl/N-ethyl adjacent to an activating group) is 1. The fourth-order valence-corrected chi connectivity index (χ4v) is 2.63. The minimum Gasteiger partial charge on any atom is -0.373 e. The summed E-state index contributed by atoms with van der Waals surface area (Å²) in [6.45, 7) is 7.44. The molecule has 3 atom stereocenters. The molecular formula is C15H23NO. The zero-order valence-electron chi connectivity index (χ0n) is 11.1. The third-order valence-corrected chi connectivity index (χ3v) is 3.46. The molecular weight excluding hydrogens is 210 g/mol. The highest BCUT2D eigenvalue weighted by molar-refractivity contribution is 5.26. The standard InChI is InChI=1S/C15H23NO/c1-4-16-15(14-9-8-12(3)17-14)13-7-5-6-11(2)10-13/h5-7,10,12,14-16H,4,8-9H2,1-3H3. The van der Waals surface area contributed by atoms with Crippen molar-refractivity contribution in [2.45, 2.75) is 51.9 Å². The molecule has 0 radical (unpaired) electrons. The van der Waals surface area contributed by atoms with E-state index in [-0.39, 0.29) is 0 Å². The first-order chi connectivity index (χ1) is 8.20. The van der Waals surface area contributed by atoms with Gasteiger partial charge in [-0.2, -0.15) is 0 Å². The lowest BCUT2D eigenvalue weighted by atomic mass is 9.97. The van der Waals surface area contributed by atoms with Crippen molar-refractivity contribution in [3.8, 4) is 0 Å². The van der Waals surface area contributed by atoms with Crippen molar-refractivity contribution in [2.24, 2.45) is 0 Å². The summed E-state index contributed by atoms with van der Waals surface area (Å²) in [5, 5.41) is 3.56. The number of hydrogen-bond acceptors (Lipinski definition) is 2. The van der Waals surface area contributed by atoms with E-state index in [1.54, 1.807) is 0 Å². The Hall–Kier alpha value is -0.860. The highest BCUT2D eigenvalue weighted by Gasteiger charge is 2.30. The van der Waals surface area contributed by atoms with Crippen LogP contribution in [0.4, 0.5) is 0 Å². The van der Waals surface area contributed by atoms with Crippen molar-refractivity contribution in [1.29, 1.82) is 0 Å². The van der Waals surface area contributed by atoms with Gasteiger partial charge in [-0.3, -0.25) is 0 Å². The second-order valence-corrected chi connectivity index (χ2v) is 5.01. The minimum atomic E-state index is 0.326. The number of aryl methyl sites for hydroxylation is 1. The highest BCUT2D eigenvalue weighted by Crippen LogP contribution is 2.30. The second-order valence-electron chi connectivity index (χ2n) is 5.01. The van der Waals surface area contributed by atoms with E-state index in [4.69, 9.17) is 4.74 Å². The van der Waals surface area contributed by atoms with Crippen LogP contribution < -0.4 is 5.32 Å². The van der Waals surface area contributed by atoms with E-state index in [2.05, 4.69) is 50.4 Å². The van der Waals surface area contributed by atoms with Crippen LogP contribution in [0.5, 0.6) is 0 Å². The smallest absolute Gasteiger partial charge is 0.0774 e. The fraction of sp³-hybridized carbons (Fsp3) is 0.600. The van der Waals surface area contributed by atoms with Gasteiger partial charge in [-0.05, 0) is 38.8 Å². The molecule has 1 aliphatic heterocycles. The Kier molecular flexibility index (Phi) is 4.19. The summed E-state index contributed by atoms with van der Waals surface area (Å²) >= 11 is 0. The molecule has 2 nitrogen and oxygen atoms in total. The molecule has 3 unspecified atom stereocenters. The number of benzene rings is 1. The SMILES string of the molecule is CCNC(c1cccc(C)c1)C1CCC(C)O1. The Bertz CT molecular complexity index is 364. The molecule has 0 aromatic heterocycles. The summed E-state index contributed by atoms with van der Waals surface area (Å²) in [6.07, 6.45) is 3.07. The van der Waals surface area contributed by atoms with Crippen molar-refractivity contribution in [3.05, 3.63) is 35.4 Å². The molecule has 1 fully saturated rings. The molecule has 1 aromatic rings. The third kappa shape index (κ3) is 3.08. The second kappa shape index (κ2) is 5.65. The Labute approximate surface area is 104 Å². The van der Waals surface area contributed by atoms with Gasteiger partial charge in [0.15, 0.2) is 0 Å². The normalized spacial score (nSPS) is 26.1. The van der Waals surface area contributed by atoms with Crippen LogP contribution in [0.2, 0.25) is 0 Å². The summed E-state index contributed by atoms with van der Waals surface area (Å²) in [5.41, 5.74) is 2.67. The predicted molar refractivity (Wildman–Crippen MR) is 71.2 cm³/mol. The molecule has 0 amide bonds. The Morgan fingerprint density at radius 3 is 2.82 bits per heavy atom. The molecule has 1 N–H and O–H groups in total. The zero-order valence-corrected chi connectivity index (χ0v) is 11.1. The molecule has 0 bridgehead atoms. The van der Waals surface area contributed by atoms with Gasteiger partial charge in [-0.25, -0.2) is 0 Å². The van der Waals surface area contributed by atoms with Crippen molar-refractivity contribution < 1.29 is 4.74 Å². The molecule has 17 heavy (non-hydrogen) atoms. The Morgan fingerprint density at radius 1 is 1.41 bits per heavy atom. The summed E-state index contributed by atoms with van der Waals surface area (Å²) in [5.74, 6) is 0. The molecule has 1 aliphatic rings. The van der Waals surface area contributed by atoms with Gasteiger partial charge in [0.2, 0.25) is 0 Å². The third-order valence-electron chi connectivity index (χ3n) is 3.46. The predicted octanol–water partition coefficient (Wildman–Crippen LogP) is 3.21. The van der Waals surface area contributed by atoms with E-state index in [1.807, 2.05) is 0 Å². The molecule has 1 heterocycles. The lowest BCUT2D eigenvalue weighted by Gasteiger charge is -2.25. The highest BCUT2D eigenvalue weighted by atomic mass is 16.5. The summed E-state index contributed by atoms with van der Waals surface area (Å²) in [6, 6.07) is 9.08. The average Bonchev–Trinajstić information content (AvgIpc) is 2.72. The number of nitrogens with one attached hydrogen (secondary N) is 1. The molecule has 0 spiro atoms. The molecule has 94 valence electrons. The maximum absolute atomic E-state index is 6.01. The van der Waals surface area contributed by atoms with Crippen LogP contribution in [-0.2, 0) is 4.74 Å². The minimum absolute atomic E-state index is 0.326. The maximum atomic E-state index is 6.01. The van der Waals surface area contributed by atoms with Crippen LogP contribution in [0.1, 0.15) is 43.9 Å². The van der Waals surface area contributed by atoms with E-state index in [0.29, 0.717) is 18.2 Å². The van der Waals surface area contributed by atoms with Gasteiger partial charge in [0.1, 0.15) is 0 Å². The van der Waals surface area contributed by atoms with Crippen LogP contribution in [-0.4, -0.2) is 18.8 Å². The van der Waals surface area contributed by atoms with Crippen molar-refractivity contribution in [2.75, 3.05) is 6.54 Å². The van der Waals surface area contributed by atoms with Crippen LogP contribution in [0, 0.1) is 6.92 Å². The molecule has 1 saturated heterocycles. The van der Waals surface area contributed by atoms with Gasteiger partial charge >= 0.3 is 0 Å². The first kappa shape index (κ1) is 12.6. The quantitative estimate of drug-likeness (QED) is 0.862. The maximum Gasteiger partial charge on any atom is 0.0774 e. The number of ether oxygens (including phenoxy) is 1. The van der Waals surface area contributed by atoms with E-state index in [0.717, 1.165) is 13.0 Å². The largest absolute Gasteiger partial charge is 0.373 e. The van der Waals surface area contributed by atoms with Gasteiger partial charge in [0.25, 0.3) is 0 Å². The van der Waals surface area contributed by atoms with E-state index in [9.17, 15) is 0 Å². The Balaban J connectivity index is 2.16. The molecule has 2 rings (SSSR count). The van der Waals surface area contributed by atoms with Gasteiger partial charge < -0.3 is 10.1 Å². The molecule has 1 aromatic carbocycles. The van der Waals surface area contributed by atoms with Crippen molar-refractivity contribution in [3.63, 3.8) is 0 Å². The average molecular weight is 233 g/mol. The van der Waals surface area contributed by atoms with Crippen LogP contribution >= 0.6 is 0 Å². The van der Waals surface area contributed by atoms with Gasteiger partial charge in [0, 0.05) is 0 Å². The van der Waals surface area contributed by atoms with E-state index in [1.165, 1.54) is 17.5 Å². The lowest BCUT2D eigenvalue weighted by Crippen LogP contribution is -2.32. The number of hydrogen-bond donors (Lipinski definition) is 1. The fourth-order valence-electron chi connectivity index (χ4n) is 2.63. The molecule has 0 aliphatic carbocycles. The summed E-state index contributed by atoms with van der Waals surface area (Å²) in [7, 11) is 0. The van der Waals surface area contributed by atoms with E-state index < -0.39 is 0 Å². The van der Waals surface area contributed by atoms with Crippen molar-refractivity contribution >= 4 is 0 Å². The topological polar surface area (TPSA) is 21.3 Å². The molecule has 2 heteroatoms. The first-order valence-corrected chi connectivity index (χ1v) is 6.66. The summed E-state index contributed by atoms with van der Waals surface area (Å²) < 4.78 is 6.01. The van der Waals surface area contributed by atoms with Gasteiger partial charge in [-0.15, -0.1) is 0 Å². The Morgan fingerprint density at radius 2 is 2.24 bits per heavy atom. The van der Waals surface area contributed by atoms with Gasteiger partial charge in [-0.1, -0.05) is 36.8 Å². The number of rotatable bonds is 4. The zero-order chi connectivity index (χ0) is 12.3. The van der Waals surface area contributed by atoms with Crippen LogP contribution in [0.25, 0.3) is 0 Å². The monoisotopic (exact) mass is 233 g/mol. The van der Waals surface area contributed by atoms with Crippen LogP contribution in [0.3, 0.4) is 0 Å². The molecule has 0 saturated carbocycles. The van der Waals surface area contributed by atoms with Crippen LogP contribution in [0.15, 0.2) is 24.3 Å². The van der Waals surface area contributed by atoms with Gasteiger partial charge in [0.05, 0.1) is 18.2 Å². The lowest BCUT2D eigenvalue weighted by molar-refractivity contribution is 0.0319.